The van der Waals surface area contributed by atoms with Gasteiger partial charge in [-0.05, 0) is 23.8 Å². The second-order valence-electron chi connectivity index (χ2n) is 8.96. The number of rotatable bonds is 8. The van der Waals surface area contributed by atoms with Crippen LogP contribution in [0.4, 0.5) is 24.8 Å². The van der Waals surface area contributed by atoms with Crippen LogP contribution < -0.4 is 15.4 Å². The highest BCUT2D eigenvalue weighted by molar-refractivity contribution is 6.36. The van der Waals surface area contributed by atoms with E-state index in [0.29, 0.717) is 36.4 Å². The van der Waals surface area contributed by atoms with Gasteiger partial charge in [0.25, 0.3) is 0 Å². The van der Waals surface area contributed by atoms with E-state index in [0.717, 1.165) is 18.3 Å². The molecule has 0 atom stereocenters. The minimum atomic E-state index is -4.52. The van der Waals surface area contributed by atoms with Gasteiger partial charge in [-0.15, -0.1) is 0 Å². The predicted octanol–water partition coefficient (Wildman–Crippen LogP) is 4.60. The number of imidazole rings is 1. The van der Waals surface area contributed by atoms with Gasteiger partial charge in [0.2, 0.25) is 5.95 Å². The average molecular weight is 561 g/mol. The molecule has 2 aromatic heterocycles. The van der Waals surface area contributed by atoms with Crippen LogP contribution >= 0.6 is 11.6 Å². The van der Waals surface area contributed by atoms with Crippen LogP contribution in [-0.4, -0.2) is 58.2 Å². The topological polar surface area (TPSA) is 113 Å². The van der Waals surface area contributed by atoms with Gasteiger partial charge in [0, 0.05) is 51.9 Å². The summed E-state index contributed by atoms with van der Waals surface area (Å²) in [6, 6.07) is 3.85. The second-order valence-corrected chi connectivity index (χ2v) is 9.34. The number of nitrogens with zero attached hydrogens (tertiary/aromatic N) is 5. The van der Waals surface area contributed by atoms with Crippen molar-refractivity contribution < 1.29 is 22.6 Å². The Balaban J connectivity index is 1.44. The number of aromatic nitrogens is 3. The highest BCUT2D eigenvalue weighted by Crippen LogP contribution is 2.36. The van der Waals surface area contributed by atoms with Gasteiger partial charge in [-0.3, -0.25) is 9.89 Å². The normalized spacial score (nSPS) is 17.2. The van der Waals surface area contributed by atoms with Crippen molar-refractivity contribution in [2.45, 2.75) is 18.8 Å². The van der Waals surface area contributed by atoms with E-state index in [1.165, 1.54) is 12.4 Å². The second kappa shape index (κ2) is 10.7. The Labute approximate surface area is 226 Å². The van der Waals surface area contributed by atoms with Crippen molar-refractivity contribution in [2.24, 2.45) is 12.0 Å². The summed E-state index contributed by atoms with van der Waals surface area (Å²) >= 11 is 6.63. The molecule has 0 saturated carbocycles. The van der Waals surface area contributed by atoms with E-state index < -0.39 is 11.7 Å². The van der Waals surface area contributed by atoms with E-state index in [9.17, 15) is 13.2 Å². The van der Waals surface area contributed by atoms with Gasteiger partial charge in [-0.1, -0.05) is 11.6 Å². The van der Waals surface area contributed by atoms with Gasteiger partial charge in [0.1, 0.15) is 16.2 Å². The number of anilines is 2. The number of nitrogens with one attached hydrogen (secondary N) is 3. The fraction of sp³-hybridized carbons (Fsp3) is 0.280. The van der Waals surface area contributed by atoms with Crippen molar-refractivity contribution in [1.29, 1.82) is 5.41 Å². The van der Waals surface area contributed by atoms with Crippen LogP contribution in [0.2, 0.25) is 5.02 Å². The Morgan fingerprint density at radius 3 is 2.77 bits per heavy atom. The fourth-order valence-corrected chi connectivity index (χ4v) is 4.54. The maximum absolute atomic E-state index is 13.7. The lowest BCUT2D eigenvalue weighted by Crippen LogP contribution is -2.50. The Morgan fingerprint density at radius 1 is 1.31 bits per heavy atom. The molecular formula is C25H24ClF3N8O2. The Hall–Kier alpha value is -3.94. The first-order chi connectivity index (χ1) is 18.7. The molecule has 3 N–H and O–H groups in total. The smallest absolute Gasteiger partial charge is 0.416 e. The number of benzene rings is 1. The highest BCUT2D eigenvalue weighted by atomic mass is 35.5. The lowest BCUT2D eigenvalue weighted by molar-refractivity contribution is -0.137. The maximum Gasteiger partial charge on any atom is 0.416 e. The van der Waals surface area contributed by atoms with Crippen molar-refractivity contribution in [2.75, 3.05) is 25.5 Å². The number of likely N-dealkylation sites (tertiary alicyclic amines) is 1. The van der Waals surface area contributed by atoms with E-state index in [4.69, 9.17) is 26.5 Å². The summed E-state index contributed by atoms with van der Waals surface area (Å²) in [5.74, 6) is 0.559. The molecule has 0 unspecified atom stereocenters. The maximum atomic E-state index is 13.7. The number of halogens is 4. The van der Waals surface area contributed by atoms with E-state index in [1.54, 1.807) is 37.2 Å². The molecule has 1 aromatic carbocycles. The number of aryl methyl sites for hydroxylation is 1. The molecule has 0 amide bonds. The lowest BCUT2D eigenvalue weighted by atomic mass is 10.1. The number of ether oxygens (including phenoxy) is 2. The number of methoxy groups -OCH3 is 1. The van der Waals surface area contributed by atoms with Crippen LogP contribution in [-0.2, 0) is 24.5 Å². The molecule has 0 spiro atoms. The first-order valence-corrected chi connectivity index (χ1v) is 12.2. The molecule has 1 fully saturated rings. The standard InChI is InChI=1S/C25H24ClF3N8O2/c1-36-22-21(26)20(39-19(8-30)18-9-31-3-4-32-18)10-33-23(22)35-24(36)34-16-6-14(5-15(7-16)25(27,28)29)11-37-12-17(13-37)38-2/h3-10,17,30,32H,11-13H2,1-2H3,(H,33,34,35)/b19-18+,30-8?. The minimum Gasteiger partial charge on any atom is -0.450 e. The zero-order chi connectivity index (χ0) is 27.7. The van der Waals surface area contributed by atoms with E-state index in [1.807, 2.05) is 4.90 Å². The number of allylic oxidation sites excluding steroid dienone is 2. The molecule has 0 aliphatic carbocycles. The molecule has 4 heterocycles. The average Bonchev–Trinajstić information content (AvgIpc) is 3.21. The zero-order valence-corrected chi connectivity index (χ0v) is 21.6. The quantitative estimate of drug-likeness (QED) is 0.273. The molecule has 5 rings (SSSR count). The number of fused-ring (bicyclic) bond motifs is 1. The fourth-order valence-electron chi connectivity index (χ4n) is 4.24. The first kappa shape index (κ1) is 26.7. The zero-order valence-electron chi connectivity index (χ0n) is 20.9. The van der Waals surface area contributed by atoms with E-state index >= 15 is 0 Å². The summed E-state index contributed by atoms with van der Waals surface area (Å²) in [7, 11) is 3.27. The number of pyridine rings is 1. The van der Waals surface area contributed by atoms with Gasteiger partial charge < -0.3 is 30.1 Å². The third-order valence-corrected chi connectivity index (χ3v) is 6.63. The van der Waals surface area contributed by atoms with Crippen LogP contribution in [0.3, 0.4) is 0 Å². The molecule has 204 valence electrons. The summed E-state index contributed by atoms with van der Waals surface area (Å²) in [6.07, 6.45) is 2.57. The van der Waals surface area contributed by atoms with Crippen LogP contribution in [0.1, 0.15) is 11.1 Å². The number of hydrogen-bond acceptors (Lipinski definition) is 9. The SMILES string of the molecule is COC1CN(Cc2cc(Nc3nc4ncc(O/C(C=N)=C5\C=NC=CN5)c(Cl)c4n3C)cc(C(F)(F)F)c2)C1. The van der Waals surface area contributed by atoms with Crippen molar-refractivity contribution >= 4 is 46.8 Å². The molecule has 10 nitrogen and oxygen atoms in total. The molecular weight excluding hydrogens is 537 g/mol. The molecule has 2 aliphatic rings. The van der Waals surface area contributed by atoms with Crippen LogP contribution in [0.5, 0.6) is 5.75 Å². The minimum absolute atomic E-state index is 0.0923. The van der Waals surface area contributed by atoms with Gasteiger partial charge in [0.05, 0.1) is 30.3 Å². The Morgan fingerprint density at radius 2 is 2.10 bits per heavy atom. The molecule has 39 heavy (non-hydrogen) atoms. The van der Waals surface area contributed by atoms with E-state index in [-0.39, 0.29) is 39.9 Å². The summed E-state index contributed by atoms with van der Waals surface area (Å²) < 4.78 is 53.7. The largest absolute Gasteiger partial charge is 0.450 e. The Kier molecular flexibility index (Phi) is 7.30. The summed E-state index contributed by atoms with van der Waals surface area (Å²) in [4.78, 5) is 14.7. The molecule has 1 saturated heterocycles. The monoisotopic (exact) mass is 560 g/mol. The number of alkyl halides is 3. The van der Waals surface area contributed by atoms with Crippen molar-refractivity contribution in [3.05, 3.63) is 64.4 Å². The van der Waals surface area contributed by atoms with Gasteiger partial charge in [-0.2, -0.15) is 18.2 Å². The van der Waals surface area contributed by atoms with Crippen molar-refractivity contribution in [3.8, 4) is 5.75 Å². The summed E-state index contributed by atoms with van der Waals surface area (Å²) in [5, 5.41) is 13.8. The summed E-state index contributed by atoms with van der Waals surface area (Å²) in [5.41, 5.74) is 1.08. The highest BCUT2D eigenvalue weighted by Gasteiger charge is 2.32. The summed E-state index contributed by atoms with van der Waals surface area (Å²) in [6.45, 7) is 1.67. The molecule has 0 radical (unpaired) electrons. The van der Waals surface area contributed by atoms with Gasteiger partial charge in [0.15, 0.2) is 17.2 Å². The molecule has 2 aliphatic heterocycles. The molecule has 14 heteroatoms. The van der Waals surface area contributed by atoms with Crippen LogP contribution in [0.25, 0.3) is 11.2 Å². The van der Waals surface area contributed by atoms with Gasteiger partial charge in [-0.25, -0.2) is 4.98 Å². The van der Waals surface area contributed by atoms with Crippen LogP contribution in [0.15, 0.2) is 53.2 Å². The molecule has 0 bridgehead atoms. The van der Waals surface area contributed by atoms with Crippen molar-refractivity contribution in [3.63, 3.8) is 0 Å². The number of aliphatic imine (C=N–C) groups is 1. The number of hydrogen-bond donors (Lipinski definition) is 3. The lowest BCUT2D eigenvalue weighted by Gasteiger charge is -2.38. The third kappa shape index (κ3) is 5.60. The van der Waals surface area contributed by atoms with Crippen LogP contribution in [0, 0.1) is 5.41 Å². The third-order valence-electron chi connectivity index (χ3n) is 6.26. The van der Waals surface area contributed by atoms with Gasteiger partial charge >= 0.3 is 6.18 Å². The predicted molar refractivity (Wildman–Crippen MR) is 142 cm³/mol. The first-order valence-electron chi connectivity index (χ1n) is 11.8. The Bertz CT molecular complexity index is 1510. The molecule has 3 aromatic rings. The van der Waals surface area contributed by atoms with E-state index in [2.05, 4.69) is 25.6 Å². The van der Waals surface area contributed by atoms with Crippen molar-refractivity contribution in [1.82, 2.24) is 24.8 Å².